The third kappa shape index (κ3) is 3.65. The molecule has 21 heavy (non-hydrogen) atoms. The van der Waals surface area contributed by atoms with E-state index in [1.165, 1.54) is 12.1 Å². The van der Waals surface area contributed by atoms with E-state index >= 15 is 0 Å². The number of rotatable bonds is 4. The second kappa shape index (κ2) is 6.78. The van der Waals surface area contributed by atoms with E-state index in [-0.39, 0.29) is 18.3 Å². The van der Waals surface area contributed by atoms with Gasteiger partial charge in [-0.2, -0.15) is 0 Å². The summed E-state index contributed by atoms with van der Waals surface area (Å²) in [5.74, 6) is 0.0168. The number of oxime groups is 1. The van der Waals surface area contributed by atoms with Gasteiger partial charge in [0.25, 0.3) is 0 Å². The molecule has 0 aliphatic heterocycles. The Morgan fingerprint density at radius 2 is 2.14 bits per heavy atom. The highest BCUT2D eigenvalue weighted by molar-refractivity contribution is 9.10. The maximum Gasteiger partial charge on any atom is 0.170 e. The Bertz CT molecular complexity index is 695. The van der Waals surface area contributed by atoms with Crippen LogP contribution in [0.1, 0.15) is 11.1 Å². The number of hydrogen-bond acceptors (Lipinski definition) is 3. The fourth-order valence-electron chi connectivity index (χ4n) is 1.65. The Balaban J connectivity index is 2.15. The van der Waals surface area contributed by atoms with Crippen LogP contribution in [0.25, 0.3) is 0 Å². The average Bonchev–Trinajstić information content (AvgIpc) is 2.49. The minimum atomic E-state index is -0.357. The summed E-state index contributed by atoms with van der Waals surface area (Å²) in [6.45, 7) is 0.154. The minimum Gasteiger partial charge on any atom is -0.487 e. The number of hydrogen-bond donors (Lipinski definition) is 2. The normalized spacial score (nSPS) is 11.5. The Kier molecular flexibility index (Phi) is 5.03. The quantitative estimate of drug-likeness (QED) is 0.369. The summed E-state index contributed by atoms with van der Waals surface area (Å²) in [6.07, 6.45) is 0. The van der Waals surface area contributed by atoms with Gasteiger partial charge in [-0.25, -0.2) is 4.39 Å². The van der Waals surface area contributed by atoms with Gasteiger partial charge in [-0.15, -0.1) is 0 Å². The molecule has 0 amide bonds. The predicted molar refractivity (Wildman–Crippen MR) is 82.4 cm³/mol. The zero-order valence-electron chi connectivity index (χ0n) is 10.7. The van der Waals surface area contributed by atoms with E-state index in [0.29, 0.717) is 26.4 Å². The average molecular weight is 374 g/mol. The lowest BCUT2D eigenvalue weighted by Crippen LogP contribution is -2.12. The van der Waals surface area contributed by atoms with E-state index in [9.17, 15) is 4.39 Å². The first kappa shape index (κ1) is 15.6. The molecule has 0 aromatic heterocycles. The van der Waals surface area contributed by atoms with Crippen LogP contribution in [-0.4, -0.2) is 11.0 Å². The number of nitrogens with zero attached hydrogens (tertiary/aromatic N) is 1. The molecular formula is C14H11BrClFN2O2. The Morgan fingerprint density at radius 1 is 1.38 bits per heavy atom. The first-order chi connectivity index (χ1) is 10.0. The molecule has 0 atom stereocenters. The zero-order chi connectivity index (χ0) is 15.4. The third-order valence-electron chi connectivity index (χ3n) is 2.75. The van der Waals surface area contributed by atoms with Crippen molar-refractivity contribution in [3.63, 3.8) is 0 Å². The number of halogens is 3. The second-order valence-corrected chi connectivity index (χ2v) is 5.33. The van der Waals surface area contributed by atoms with Crippen LogP contribution in [0.5, 0.6) is 5.75 Å². The maximum absolute atomic E-state index is 13.4. The van der Waals surface area contributed by atoms with E-state index in [4.69, 9.17) is 27.3 Å². The third-order valence-corrected chi connectivity index (χ3v) is 3.93. The largest absolute Gasteiger partial charge is 0.487 e. The lowest BCUT2D eigenvalue weighted by molar-refractivity contribution is 0.305. The molecule has 110 valence electrons. The molecule has 0 heterocycles. The number of nitrogens with two attached hydrogens (primary N) is 1. The second-order valence-electron chi connectivity index (χ2n) is 4.13. The van der Waals surface area contributed by atoms with Gasteiger partial charge in [0.1, 0.15) is 18.2 Å². The summed E-state index contributed by atoms with van der Waals surface area (Å²) in [6, 6.07) is 9.42. The minimum absolute atomic E-state index is 0.0451. The summed E-state index contributed by atoms with van der Waals surface area (Å²) < 4.78 is 19.3. The Morgan fingerprint density at radius 3 is 2.81 bits per heavy atom. The summed E-state index contributed by atoms with van der Waals surface area (Å²) >= 11 is 9.23. The van der Waals surface area contributed by atoms with Crippen LogP contribution in [-0.2, 0) is 6.61 Å². The highest BCUT2D eigenvalue weighted by Crippen LogP contribution is 2.28. The first-order valence-electron chi connectivity index (χ1n) is 5.86. The van der Waals surface area contributed by atoms with Crippen molar-refractivity contribution in [2.24, 2.45) is 10.9 Å². The van der Waals surface area contributed by atoms with Gasteiger partial charge in [0.15, 0.2) is 5.84 Å². The lowest BCUT2D eigenvalue weighted by Gasteiger charge is -2.10. The molecule has 2 aromatic rings. The summed E-state index contributed by atoms with van der Waals surface area (Å²) in [7, 11) is 0. The molecule has 2 aromatic carbocycles. The van der Waals surface area contributed by atoms with Crippen LogP contribution >= 0.6 is 27.5 Å². The summed E-state index contributed by atoms with van der Waals surface area (Å²) in [4.78, 5) is 0. The van der Waals surface area contributed by atoms with Crippen LogP contribution in [0, 0.1) is 5.82 Å². The lowest BCUT2D eigenvalue weighted by atomic mass is 10.2. The zero-order valence-corrected chi connectivity index (χ0v) is 13.0. The van der Waals surface area contributed by atoms with Gasteiger partial charge in [-0.1, -0.05) is 28.9 Å². The van der Waals surface area contributed by atoms with Crippen molar-refractivity contribution in [3.05, 3.63) is 62.8 Å². The van der Waals surface area contributed by atoms with Gasteiger partial charge < -0.3 is 15.7 Å². The van der Waals surface area contributed by atoms with Crippen molar-refractivity contribution in [3.8, 4) is 5.75 Å². The molecule has 0 aliphatic rings. The molecule has 7 heteroatoms. The standard InChI is InChI=1S/C14H11BrClFN2O2/c15-13-9(2-1-3-11(13)17)7-21-12-5-4-8(6-10(12)16)14(18)19-20/h1-6,20H,7H2,(H2,18,19). The first-order valence-corrected chi connectivity index (χ1v) is 7.03. The van der Waals surface area contributed by atoms with Gasteiger partial charge in [-0.05, 0) is 40.2 Å². The Labute approximate surface area is 134 Å². The SMILES string of the molecule is N/C(=N/O)c1ccc(OCc2cccc(F)c2Br)c(Cl)c1. The molecule has 0 spiro atoms. The van der Waals surface area contributed by atoms with Gasteiger partial charge in [0.05, 0.1) is 9.50 Å². The summed E-state index contributed by atoms with van der Waals surface area (Å²) in [5, 5.41) is 11.8. The number of amidine groups is 1. The van der Waals surface area contributed by atoms with E-state index < -0.39 is 0 Å². The van der Waals surface area contributed by atoms with E-state index in [1.54, 1.807) is 24.3 Å². The highest BCUT2D eigenvalue weighted by atomic mass is 79.9. The molecule has 0 saturated carbocycles. The molecule has 0 saturated heterocycles. The van der Waals surface area contributed by atoms with Gasteiger partial charge in [-0.3, -0.25) is 0 Å². The fourth-order valence-corrected chi connectivity index (χ4v) is 2.26. The molecule has 0 radical (unpaired) electrons. The van der Waals surface area contributed by atoms with Crippen LogP contribution in [0.3, 0.4) is 0 Å². The van der Waals surface area contributed by atoms with Crippen LogP contribution in [0.4, 0.5) is 4.39 Å². The van der Waals surface area contributed by atoms with Crippen molar-refractivity contribution in [2.45, 2.75) is 6.61 Å². The molecular weight excluding hydrogens is 363 g/mol. The predicted octanol–water partition coefficient (Wildman–Crippen LogP) is 3.92. The topological polar surface area (TPSA) is 67.8 Å². The van der Waals surface area contributed by atoms with Gasteiger partial charge in [0.2, 0.25) is 0 Å². The molecule has 2 rings (SSSR count). The molecule has 0 aliphatic carbocycles. The smallest absolute Gasteiger partial charge is 0.170 e. The number of ether oxygens (including phenoxy) is 1. The molecule has 4 nitrogen and oxygen atoms in total. The van der Waals surface area contributed by atoms with Crippen molar-refractivity contribution in [1.82, 2.24) is 0 Å². The van der Waals surface area contributed by atoms with Gasteiger partial charge in [0, 0.05) is 11.1 Å². The Hall–Kier alpha value is -1.79. The molecule has 0 fully saturated rings. The van der Waals surface area contributed by atoms with Crippen LogP contribution < -0.4 is 10.5 Å². The molecule has 0 unspecified atom stereocenters. The van der Waals surface area contributed by atoms with Crippen molar-refractivity contribution >= 4 is 33.4 Å². The van der Waals surface area contributed by atoms with E-state index in [1.807, 2.05) is 0 Å². The van der Waals surface area contributed by atoms with Crippen molar-refractivity contribution in [2.75, 3.05) is 0 Å². The molecule has 0 bridgehead atoms. The maximum atomic E-state index is 13.4. The van der Waals surface area contributed by atoms with E-state index in [2.05, 4.69) is 21.1 Å². The van der Waals surface area contributed by atoms with Crippen molar-refractivity contribution in [1.29, 1.82) is 0 Å². The fraction of sp³-hybridized carbons (Fsp3) is 0.0714. The monoisotopic (exact) mass is 372 g/mol. The summed E-state index contributed by atoms with van der Waals surface area (Å²) in [5.41, 5.74) is 6.60. The molecule has 3 N–H and O–H groups in total. The van der Waals surface area contributed by atoms with E-state index in [0.717, 1.165) is 0 Å². The van der Waals surface area contributed by atoms with Crippen molar-refractivity contribution < 1.29 is 14.3 Å². The van der Waals surface area contributed by atoms with Crippen LogP contribution in [0.2, 0.25) is 5.02 Å². The highest BCUT2D eigenvalue weighted by Gasteiger charge is 2.09. The van der Waals surface area contributed by atoms with Crippen LogP contribution in [0.15, 0.2) is 46.0 Å². The number of benzene rings is 2. The van der Waals surface area contributed by atoms with Gasteiger partial charge >= 0.3 is 0 Å².